The predicted octanol–water partition coefficient (Wildman–Crippen LogP) is 3.48. The van der Waals surface area contributed by atoms with Crippen LogP contribution in [0.5, 0.6) is 0 Å². The van der Waals surface area contributed by atoms with Gasteiger partial charge in [0.15, 0.2) is 0 Å². The van der Waals surface area contributed by atoms with Crippen molar-refractivity contribution >= 4 is 23.2 Å². The monoisotopic (exact) mass is 301 g/mol. The van der Waals surface area contributed by atoms with Gasteiger partial charge in [-0.3, -0.25) is 9.59 Å². The van der Waals surface area contributed by atoms with E-state index in [1.807, 2.05) is 0 Å². The summed E-state index contributed by atoms with van der Waals surface area (Å²) < 4.78 is 0. The summed E-state index contributed by atoms with van der Waals surface area (Å²) in [6.45, 7) is 2.05. The van der Waals surface area contributed by atoms with Gasteiger partial charge in [0.1, 0.15) is 0 Å². The molecule has 0 bridgehead atoms. The van der Waals surface area contributed by atoms with Gasteiger partial charge in [-0.1, -0.05) is 13.3 Å². The summed E-state index contributed by atoms with van der Waals surface area (Å²) in [6, 6.07) is 6.86. The van der Waals surface area contributed by atoms with E-state index in [-0.39, 0.29) is 11.8 Å². The predicted molar refractivity (Wildman–Crippen MR) is 88.0 cm³/mol. The molecule has 1 aromatic rings. The van der Waals surface area contributed by atoms with Gasteiger partial charge in [0.25, 0.3) is 5.91 Å². The highest BCUT2D eigenvalue weighted by atomic mass is 16.2. The van der Waals surface area contributed by atoms with Gasteiger partial charge in [0, 0.05) is 23.4 Å². The summed E-state index contributed by atoms with van der Waals surface area (Å²) in [4.78, 5) is 23.6. The van der Waals surface area contributed by atoms with Crippen LogP contribution in [0.2, 0.25) is 0 Å². The molecule has 2 rings (SSSR count). The Balaban J connectivity index is 1.86. The van der Waals surface area contributed by atoms with Crippen LogP contribution in [0.4, 0.5) is 5.69 Å². The number of anilines is 1. The number of hydrazone groups is 1. The Bertz CT molecular complexity index is 542. The van der Waals surface area contributed by atoms with Crippen LogP contribution in [0.3, 0.4) is 0 Å². The Morgan fingerprint density at radius 1 is 1.14 bits per heavy atom. The van der Waals surface area contributed by atoms with Crippen LogP contribution in [0.15, 0.2) is 29.4 Å². The molecule has 1 aliphatic rings. The smallest absolute Gasteiger partial charge is 0.271 e. The first-order valence-electron chi connectivity index (χ1n) is 7.94. The first-order chi connectivity index (χ1) is 10.7. The minimum atomic E-state index is -0.219. The first-order valence-corrected chi connectivity index (χ1v) is 7.94. The average Bonchev–Trinajstić information content (AvgIpc) is 3.05. The number of carbonyl (C=O) groups excluding carboxylic acids is 2. The van der Waals surface area contributed by atoms with Crippen LogP contribution < -0.4 is 10.7 Å². The number of amides is 2. The third-order valence-electron chi connectivity index (χ3n) is 3.68. The minimum Gasteiger partial charge on any atom is -0.326 e. The van der Waals surface area contributed by atoms with E-state index in [1.54, 1.807) is 24.3 Å². The normalized spacial score (nSPS) is 13.8. The molecule has 22 heavy (non-hydrogen) atoms. The molecule has 0 heterocycles. The largest absolute Gasteiger partial charge is 0.326 e. The molecule has 1 aliphatic carbocycles. The second kappa shape index (κ2) is 8.32. The van der Waals surface area contributed by atoms with E-state index in [2.05, 4.69) is 22.8 Å². The Hall–Kier alpha value is -2.17. The van der Waals surface area contributed by atoms with Gasteiger partial charge in [-0.05, 0) is 56.4 Å². The zero-order valence-corrected chi connectivity index (χ0v) is 13.0. The Labute approximate surface area is 131 Å². The third kappa shape index (κ3) is 4.98. The van der Waals surface area contributed by atoms with Crippen molar-refractivity contribution in [2.45, 2.75) is 51.9 Å². The molecule has 118 valence electrons. The average molecular weight is 301 g/mol. The van der Waals surface area contributed by atoms with Gasteiger partial charge in [0.05, 0.1) is 0 Å². The van der Waals surface area contributed by atoms with Crippen molar-refractivity contribution in [3.8, 4) is 0 Å². The lowest BCUT2D eigenvalue weighted by Gasteiger charge is -2.06. The minimum absolute atomic E-state index is 0.00619. The third-order valence-corrected chi connectivity index (χ3v) is 3.68. The topological polar surface area (TPSA) is 70.6 Å². The van der Waals surface area contributed by atoms with Crippen LogP contribution in [0.1, 0.15) is 62.2 Å². The summed E-state index contributed by atoms with van der Waals surface area (Å²) in [5.74, 6) is -0.213. The van der Waals surface area contributed by atoms with Gasteiger partial charge in [-0.2, -0.15) is 5.10 Å². The van der Waals surface area contributed by atoms with Crippen LogP contribution in [0, 0.1) is 0 Å². The number of nitrogens with zero attached hydrogens (tertiary/aromatic N) is 1. The molecule has 1 saturated carbocycles. The maximum Gasteiger partial charge on any atom is 0.271 e. The highest BCUT2D eigenvalue weighted by Crippen LogP contribution is 2.14. The number of nitrogens with one attached hydrogen (secondary N) is 2. The molecule has 0 radical (unpaired) electrons. The van der Waals surface area contributed by atoms with E-state index < -0.39 is 0 Å². The number of carbonyl (C=O) groups is 2. The van der Waals surface area contributed by atoms with E-state index in [4.69, 9.17) is 0 Å². The van der Waals surface area contributed by atoms with E-state index in [0.717, 1.165) is 44.2 Å². The van der Waals surface area contributed by atoms with Crippen LogP contribution >= 0.6 is 0 Å². The van der Waals surface area contributed by atoms with Crippen molar-refractivity contribution in [1.82, 2.24) is 5.43 Å². The molecule has 0 spiro atoms. The van der Waals surface area contributed by atoms with Gasteiger partial charge in [-0.15, -0.1) is 0 Å². The van der Waals surface area contributed by atoms with Gasteiger partial charge in [0.2, 0.25) is 5.91 Å². The van der Waals surface area contributed by atoms with Crippen LogP contribution in [-0.2, 0) is 4.79 Å². The fraction of sp³-hybridized carbons (Fsp3) is 0.471. The van der Waals surface area contributed by atoms with Crippen molar-refractivity contribution < 1.29 is 9.59 Å². The molecule has 5 nitrogen and oxygen atoms in total. The van der Waals surface area contributed by atoms with Crippen molar-refractivity contribution in [3.63, 3.8) is 0 Å². The molecular weight excluding hydrogens is 278 g/mol. The second-order valence-electron chi connectivity index (χ2n) is 5.56. The molecule has 1 aromatic carbocycles. The first kappa shape index (κ1) is 16.2. The number of hydrogen-bond donors (Lipinski definition) is 2. The molecule has 0 atom stereocenters. The maximum absolute atomic E-state index is 12.0. The summed E-state index contributed by atoms with van der Waals surface area (Å²) in [5.41, 5.74) is 4.90. The van der Waals surface area contributed by atoms with Gasteiger partial charge in [-0.25, -0.2) is 5.43 Å². The number of rotatable bonds is 6. The fourth-order valence-electron chi connectivity index (χ4n) is 2.36. The van der Waals surface area contributed by atoms with Crippen molar-refractivity contribution in [2.24, 2.45) is 5.10 Å². The summed E-state index contributed by atoms with van der Waals surface area (Å²) >= 11 is 0. The molecule has 0 saturated heterocycles. The lowest BCUT2D eigenvalue weighted by Crippen LogP contribution is -2.19. The molecule has 1 fully saturated rings. The zero-order chi connectivity index (χ0) is 15.8. The SMILES string of the molecule is CCCCC(=O)Nc1ccc(C(=O)NN=C2CCCC2)cc1. The second-order valence-corrected chi connectivity index (χ2v) is 5.56. The molecule has 0 unspecified atom stereocenters. The van der Waals surface area contributed by atoms with Crippen LogP contribution in [0.25, 0.3) is 0 Å². The van der Waals surface area contributed by atoms with Crippen molar-refractivity contribution in [3.05, 3.63) is 29.8 Å². The fourth-order valence-corrected chi connectivity index (χ4v) is 2.36. The molecule has 0 aliphatic heterocycles. The summed E-state index contributed by atoms with van der Waals surface area (Å²) in [7, 11) is 0. The van der Waals surface area contributed by atoms with Crippen molar-refractivity contribution in [2.75, 3.05) is 5.32 Å². The number of benzene rings is 1. The highest BCUT2D eigenvalue weighted by molar-refractivity contribution is 5.96. The highest BCUT2D eigenvalue weighted by Gasteiger charge is 2.10. The lowest BCUT2D eigenvalue weighted by atomic mass is 10.2. The molecule has 5 heteroatoms. The van der Waals surface area contributed by atoms with E-state index in [9.17, 15) is 9.59 Å². The zero-order valence-electron chi connectivity index (χ0n) is 13.0. The number of unbranched alkanes of at least 4 members (excludes halogenated alkanes) is 1. The van der Waals surface area contributed by atoms with E-state index in [1.165, 1.54) is 0 Å². The Morgan fingerprint density at radius 3 is 2.45 bits per heavy atom. The quantitative estimate of drug-likeness (QED) is 0.790. The van der Waals surface area contributed by atoms with Crippen LogP contribution in [-0.4, -0.2) is 17.5 Å². The molecule has 2 N–H and O–H groups in total. The van der Waals surface area contributed by atoms with E-state index in [0.29, 0.717) is 17.7 Å². The van der Waals surface area contributed by atoms with Gasteiger partial charge >= 0.3 is 0 Å². The standard InChI is InChI=1S/C17H23N3O2/c1-2-3-8-16(21)18-14-11-9-13(10-12-14)17(22)20-19-15-6-4-5-7-15/h9-12H,2-8H2,1H3,(H,18,21)(H,20,22). The Morgan fingerprint density at radius 2 is 1.82 bits per heavy atom. The molecule has 0 aromatic heterocycles. The summed E-state index contributed by atoms with van der Waals surface area (Å²) in [5, 5.41) is 6.97. The summed E-state index contributed by atoms with van der Waals surface area (Å²) in [6.07, 6.45) is 6.66. The maximum atomic E-state index is 12.0. The van der Waals surface area contributed by atoms with E-state index >= 15 is 0 Å². The van der Waals surface area contributed by atoms with Gasteiger partial charge < -0.3 is 5.32 Å². The Kier molecular flexibility index (Phi) is 6.13. The van der Waals surface area contributed by atoms with Crippen molar-refractivity contribution in [1.29, 1.82) is 0 Å². The lowest BCUT2D eigenvalue weighted by molar-refractivity contribution is -0.116. The number of hydrogen-bond acceptors (Lipinski definition) is 3. The molecular formula is C17H23N3O2. The molecule has 2 amide bonds.